The summed E-state index contributed by atoms with van der Waals surface area (Å²) in [6, 6.07) is 0. The Morgan fingerprint density at radius 2 is 1.18 bits per heavy atom. The monoisotopic (exact) mass is 217 g/mol. The second kappa shape index (κ2) is 1.99. The molecule has 3 nitrogen and oxygen atoms in total. The summed E-state index contributed by atoms with van der Waals surface area (Å²) >= 11 is 3.83. The Labute approximate surface area is 75.1 Å². The van der Waals surface area contributed by atoms with E-state index in [0.29, 0.717) is 4.32 Å². The van der Waals surface area contributed by atoms with Gasteiger partial charge in [-0.2, -0.15) is 0 Å². The molecule has 4 heteroatoms. The molecule has 0 spiro atoms. The van der Waals surface area contributed by atoms with E-state index in [0.717, 1.165) is 0 Å². The molecule has 4 bridgehead atoms. The quantitative estimate of drug-likeness (QED) is 0.527. The lowest BCUT2D eigenvalue weighted by atomic mass is 10.0. The molecule has 0 unspecified atom stereocenters. The fraction of sp³-hybridized carbons (Fsp3) is 1.00. The van der Waals surface area contributed by atoms with E-state index in [2.05, 4.69) is 30.6 Å². The van der Waals surface area contributed by atoms with Gasteiger partial charge in [0.05, 0.1) is 24.3 Å². The van der Waals surface area contributed by atoms with Crippen LogP contribution in [0, 0.1) is 0 Å². The highest BCUT2D eigenvalue weighted by atomic mass is 79.9. The Bertz CT molecular complexity index is 159. The summed E-state index contributed by atoms with van der Waals surface area (Å²) in [7, 11) is 0. The van der Waals surface area contributed by atoms with E-state index in [-0.39, 0.29) is 0 Å². The minimum atomic E-state index is 0.391. The molecule has 4 saturated heterocycles. The van der Waals surface area contributed by atoms with Gasteiger partial charge in [0.15, 0.2) is 0 Å². The van der Waals surface area contributed by atoms with Crippen LogP contribution in [-0.2, 0) is 0 Å². The molecule has 0 N–H and O–H groups in total. The first-order chi connectivity index (χ1) is 5.23. The summed E-state index contributed by atoms with van der Waals surface area (Å²) in [5, 5.41) is 0. The van der Waals surface area contributed by atoms with E-state index in [1.54, 1.807) is 0 Å². The Kier molecular flexibility index (Phi) is 1.24. The van der Waals surface area contributed by atoms with Crippen molar-refractivity contribution in [2.24, 2.45) is 0 Å². The van der Waals surface area contributed by atoms with Crippen molar-refractivity contribution in [1.82, 2.24) is 14.7 Å². The van der Waals surface area contributed by atoms with Gasteiger partial charge in [0.25, 0.3) is 0 Å². The molecule has 0 aromatic heterocycles. The number of alkyl halides is 1. The maximum atomic E-state index is 3.83. The molecule has 4 rings (SSSR count). The van der Waals surface area contributed by atoms with Crippen molar-refractivity contribution in [1.29, 1.82) is 0 Å². The molecule has 0 amide bonds. The predicted molar refractivity (Wildman–Crippen MR) is 46.4 cm³/mol. The van der Waals surface area contributed by atoms with Gasteiger partial charge in [-0.3, -0.25) is 14.7 Å². The Balaban J connectivity index is 1.94. The van der Waals surface area contributed by atoms with Crippen molar-refractivity contribution in [2.45, 2.75) is 4.32 Å². The summed E-state index contributed by atoms with van der Waals surface area (Å²) in [5.41, 5.74) is 0. The first kappa shape index (κ1) is 6.83. The lowest BCUT2D eigenvalue weighted by Gasteiger charge is -2.58. The minimum absolute atomic E-state index is 0.391. The number of halogens is 1. The summed E-state index contributed by atoms with van der Waals surface area (Å²) < 4.78 is 0.391. The van der Waals surface area contributed by atoms with Crippen LogP contribution in [0.2, 0.25) is 0 Å². The van der Waals surface area contributed by atoms with Crippen LogP contribution in [0.5, 0.6) is 0 Å². The molecule has 0 aromatic carbocycles. The Hall–Kier alpha value is 0.360. The molecule has 0 aliphatic carbocycles. The Morgan fingerprint density at radius 3 is 1.45 bits per heavy atom. The van der Waals surface area contributed by atoms with Crippen LogP contribution in [0.15, 0.2) is 0 Å². The standard InChI is InChI=1S/C7H12BrN3/c8-7-1-9-4-10(2-7)6-11(3-7)5-9/h1-6H2. The van der Waals surface area contributed by atoms with Crippen molar-refractivity contribution in [3.05, 3.63) is 0 Å². The van der Waals surface area contributed by atoms with Crippen LogP contribution in [0.4, 0.5) is 0 Å². The van der Waals surface area contributed by atoms with E-state index in [1.165, 1.54) is 39.6 Å². The molecule has 62 valence electrons. The maximum Gasteiger partial charge on any atom is 0.0640 e. The molecule has 4 aliphatic heterocycles. The largest absolute Gasteiger partial charge is 0.276 e. The van der Waals surface area contributed by atoms with Crippen molar-refractivity contribution in [3.8, 4) is 0 Å². The molecule has 0 radical (unpaired) electrons. The highest BCUT2D eigenvalue weighted by Crippen LogP contribution is 2.34. The number of hydrogen-bond acceptors (Lipinski definition) is 3. The second-order valence-corrected chi connectivity index (χ2v) is 5.74. The average Bonchev–Trinajstić information content (AvgIpc) is 1.79. The van der Waals surface area contributed by atoms with Gasteiger partial charge in [0.1, 0.15) is 0 Å². The third-order valence-corrected chi connectivity index (χ3v) is 3.47. The van der Waals surface area contributed by atoms with Crippen molar-refractivity contribution >= 4 is 15.9 Å². The van der Waals surface area contributed by atoms with Crippen LogP contribution >= 0.6 is 15.9 Å². The van der Waals surface area contributed by atoms with E-state index in [9.17, 15) is 0 Å². The molecular formula is C7H12BrN3. The SMILES string of the molecule is BrC12CN3CN(CN(C3)C1)C2. The van der Waals surface area contributed by atoms with E-state index < -0.39 is 0 Å². The van der Waals surface area contributed by atoms with Crippen LogP contribution in [0.3, 0.4) is 0 Å². The maximum absolute atomic E-state index is 3.83. The smallest absolute Gasteiger partial charge is 0.0640 e. The van der Waals surface area contributed by atoms with Crippen molar-refractivity contribution in [3.63, 3.8) is 0 Å². The van der Waals surface area contributed by atoms with Gasteiger partial charge in [-0.05, 0) is 0 Å². The van der Waals surface area contributed by atoms with Gasteiger partial charge >= 0.3 is 0 Å². The third-order valence-electron chi connectivity index (χ3n) is 2.72. The van der Waals surface area contributed by atoms with Crippen molar-refractivity contribution < 1.29 is 0 Å². The number of hydrogen-bond donors (Lipinski definition) is 0. The zero-order valence-corrected chi connectivity index (χ0v) is 8.05. The molecule has 0 saturated carbocycles. The zero-order valence-electron chi connectivity index (χ0n) is 6.46. The fourth-order valence-electron chi connectivity index (χ4n) is 2.63. The van der Waals surface area contributed by atoms with E-state index >= 15 is 0 Å². The van der Waals surface area contributed by atoms with Gasteiger partial charge in [0, 0.05) is 19.6 Å². The van der Waals surface area contributed by atoms with Crippen LogP contribution < -0.4 is 0 Å². The first-order valence-electron chi connectivity index (χ1n) is 4.10. The lowest BCUT2D eigenvalue weighted by molar-refractivity contribution is -0.116. The summed E-state index contributed by atoms with van der Waals surface area (Å²) in [5.74, 6) is 0. The zero-order chi connectivity index (χ0) is 7.47. The third kappa shape index (κ3) is 0.967. The molecule has 4 heterocycles. The summed E-state index contributed by atoms with van der Waals surface area (Å²) in [4.78, 5) is 7.52. The Morgan fingerprint density at radius 1 is 0.818 bits per heavy atom. The number of rotatable bonds is 0. The van der Waals surface area contributed by atoms with Gasteiger partial charge < -0.3 is 0 Å². The van der Waals surface area contributed by atoms with E-state index in [4.69, 9.17) is 0 Å². The molecule has 0 aromatic rings. The molecule has 11 heavy (non-hydrogen) atoms. The second-order valence-electron chi connectivity index (χ2n) is 4.06. The minimum Gasteiger partial charge on any atom is -0.276 e. The lowest BCUT2D eigenvalue weighted by Crippen LogP contribution is -2.73. The van der Waals surface area contributed by atoms with Gasteiger partial charge in [-0.1, -0.05) is 15.9 Å². The summed E-state index contributed by atoms with van der Waals surface area (Å²) in [6.45, 7) is 7.26. The fourth-order valence-corrected chi connectivity index (χ4v) is 3.70. The first-order valence-corrected chi connectivity index (χ1v) is 4.89. The predicted octanol–water partition coefficient (Wildman–Crippen LogP) is -0.0606. The van der Waals surface area contributed by atoms with Crippen LogP contribution in [0.25, 0.3) is 0 Å². The number of nitrogens with zero attached hydrogens (tertiary/aromatic N) is 3. The average molecular weight is 218 g/mol. The molecule has 0 atom stereocenters. The topological polar surface area (TPSA) is 9.72 Å². The van der Waals surface area contributed by atoms with Crippen LogP contribution in [-0.4, -0.2) is 58.7 Å². The van der Waals surface area contributed by atoms with Crippen molar-refractivity contribution in [2.75, 3.05) is 39.6 Å². The highest BCUT2D eigenvalue weighted by molar-refractivity contribution is 9.10. The normalized spacial score (nSPS) is 60.3. The van der Waals surface area contributed by atoms with Gasteiger partial charge in [0.2, 0.25) is 0 Å². The van der Waals surface area contributed by atoms with Crippen LogP contribution in [0.1, 0.15) is 0 Å². The van der Waals surface area contributed by atoms with E-state index in [1.807, 2.05) is 0 Å². The highest BCUT2D eigenvalue weighted by Gasteiger charge is 2.46. The van der Waals surface area contributed by atoms with Gasteiger partial charge in [-0.25, -0.2) is 0 Å². The summed E-state index contributed by atoms with van der Waals surface area (Å²) in [6.07, 6.45) is 0. The molecule has 4 aliphatic rings. The molecule has 4 fully saturated rings. The van der Waals surface area contributed by atoms with Gasteiger partial charge in [-0.15, -0.1) is 0 Å². The molecular weight excluding hydrogens is 206 g/mol.